The van der Waals surface area contributed by atoms with Crippen LogP contribution in [-0.2, 0) is 0 Å². The van der Waals surface area contributed by atoms with E-state index in [2.05, 4.69) is 138 Å². The molecule has 0 amide bonds. The van der Waals surface area contributed by atoms with Crippen molar-refractivity contribution < 1.29 is 0 Å². The summed E-state index contributed by atoms with van der Waals surface area (Å²) in [6, 6.07) is 48.9. The van der Waals surface area contributed by atoms with Crippen LogP contribution >= 0.6 is 0 Å². The molecular formula is C36H23N3. The van der Waals surface area contributed by atoms with Crippen LogP contribution in [0.15, 0.2) is 140 Å². The Kier molecular flexibility index (Phi) is 4.82. The Labute approximate surface area is 225 Å². The van der Waals surface area contributed by atoms with Gasteiger partial charge in [0.1, 0.15) is 5.65 Å². The van der Waals surface area contributed by atoms with Gasteiger partial charge in [0, 0.05) is 32.8 Å². The quantitative estimate of drug-likeness (QED) is 0.228. The maximum absolute atomic E-state index is 5.33. The van der Waals surface area contributed by atoms with Gasteiger partial charge in [-0.3, -0.25) is 4.40 Å². The molecule has 0 aliphatic carbocycles. The number of pyridine rings is 2. The molecule has 8 aromatic rings. The average molecular weight is 498 g/mol. The highest BCUT2D eigenvalue weighted by Gasteiger charge is 2.20. The van der Waals surface area contributed by atoms with Gasteiger partial charge in [-0.2, -0.15) is 0 Å². The van der Waals surface area contributed by atoms with Gasteiger partial charge in [-0.1, -0.05) is 109 Å². The number of fused-ring (bicyclic) bond motifs is 7. The largest absolute Gasteiger partial charge is 0.291 e. The fourth-order valence-electron chi connectivity index (χ4n) is 5.74. The van der Waals surface area contributed by atoms with Crippen molar-refractivity contribution in [2.45, 2.75) is 0 Å². The Morgan fingerprint density at radius 3 is 2.03 bits per heavy atom. The summed E-state index contributed by atoms with van der Waals surface area (Å²) < 4.78 is 2.34. The molecule has 3 heterocycles. The van der Waals surface area contributed by atoms with E-state index in [9.17, 15) is 0 Å². The molecule has 0 aliphatic heterocycles. The zero-order valence-electron chi connectivity index (χ0n) is 21.1. The topological polar surface area (TPSA) is 30.2 Å². The van der Waals surface area contributed by atoms with Crippen molar-refractivity contribution in [3.05, 3.63) is 140 Å². The van der Waals surface area contributed by atoms with E-state index in [4.69, 9.17) is 9.97 Å². The predicted octanol–water partition coefficient (Wildman–Crippen LogP) is 9.19. The van der Waals surface area contributed by atoms with E-state index in [1.807, 2.05) is 6.07 Å². The second-order valence-corrected chi connectivity index (χ2v) is 9.87. The normalized spacial score (nSPS) is 11.6. The van der Waals surface area contributed by atoms with Crippen LogP contribution in [0.25, 0.3) is 72.0 Å². The third kappa shape index (κ3) is 3.44. The molecule has 3 nitrogen and oxygen atoms in total. The van der Waals surface area contributed by atoms with Gasteiger partial charge < -0.3 is 0 Å². The maximum Gasteiger partial charge on any atom is 0.146 e. The highest BCUT2D eigenvalue weighted by molar-refractivity contribution is 6.14. The summed E-state index contributed by atoms with van der Waals surface area (Å²) in [5, 5.41) is 4.64. The zero-order chi connectivity index (χ0) is 25.8. The minimum atomic E-state index is 0.958. The van der Waals surface area contributed by atoms with Crippen molar-refractivity contribution in [2.24, 2.45) is 0 Å². The monoisotopic (exact) mass is 497 g/mol. The Balaban J connectivity index is 1.47. The van der Waals surface area contributed by atoms with E-state index in [-0.39, 0.29) is 0 Å². The van der Waals surface area contributed by atoms with Gasteiger partial charge in [-0.05, 0) is 35.7 Å². The summed E-state index contributed by atoms with van der Waals surface area (Å²) in [7, 11) is 0. The average Bonchev–Trinajstić information content (AvgIpc) is 3.43. The van der Waals surface area contributed by atoms with Gasteiger partial charge in [0.2, 0.25) is 0 Å². The van der Waals surface area contributed by atoms with Crippen LogP contribution < -0.4 is 0 Å². The fraction of sp³-hybridized carbons (Fsp3) is 0. The van der Waals surface area contributed by atoms with Crippen LogP contribution in [0.2, 0.25) is 0 Å². The molecule has 0 aliphatic rings. The number of hydrogen-bond acceptors (Lipinski definition) is 2. The van der Waals surface area contributed by atoms with Crippen LogP contribution in [0.1, 0.15) is 0 Å². The van der Waals surface area contributed by atoms with Gasteiger partial charge in [0.15, 0.2) is 0 Å². The molecule has 0 radical (unpaired) electrons. The summed E-state index contributed by atoms with van der Waals surface area (Å²) >= 11 is 0. The van der Waals surface area contributed by atoms with Gasteiger partial charge in [0.05, 0.1) is 28.1 Å². The highest BCUT2D eigenvalue weighted by atomic mass is 15.0. The lowest BCUT2D eigenvalue weighted by molar-refractivity contribution is 1.27. The molecule has 182 valence electrons. The van der Waals surface area contributed by atoms with Crippen molar-refractivity contribution in [1.82, 2.24) is 14.4 Å². The van der Waals surface area contributed by atoms with Crippen molar-refractivity contribution >= 4 is 38.2 Å². The van der Waals surface area contributed by atoms with E-state index in [1.54, 1.807) is 0 Å². The number of nitrogens with zero attached hydrogens (tertiary/aromatic N) is 3. The highest BCUT2D eigenvalue weighted by Crippen LogP contribution is 2.39. The Bertz CT molecular complexity index is 2160. The van der Waals surface area contributed by atoms with E-state index < -0.39 is 0 Å². The molecule has 0 atom stereocenters. The van der Waals surface area contributed by atoms with Gasteiger partial charge in [-0.25, -0.2) is 9.97 Å². The van der Waals surface area contributed by atoms with Crippen molar-refractivity contribution in [2.75, 3.05) is 0 Å². The molecule has 0 saturated carbocycles. The molecule has 3 heteroatoms. The van der Waals surface area contributed by atoms with Crippen LogP contribution in [0, 0.1) is 0 Å². The SMILES string of the molecule is c1ccc(-c2nc3c4ccc(-c5ccc6ccccc6n5)cc4c4ccccc4n3c2-c2ccccc2)cc1. The van der Waals surface area contributed by atoms with Crippen LogP contribution in [0.5, 0.6) is 0 Å². The fourth-order valence-corrected chi connectivity index (χ4v) is 5.74. The first-order valence-corrected chi connectivity index (χ1v) is 13.2. The first-order valence-electron chi connectivity index (χ1n) is 13.2. The maximum atomic E-state index is 5.33. The summed E-state index contributed by atoms with van der Waals surface area (Å²) in [6.07, 6.45) is 0. The molecule has 0 bridgehead atoms. The molecule has 39 heavy (non-hydrogen) atoms. The third-order valence-electron chi connectivity index (χ3n) is 7.56. The lowest BCUT2D eigenvalue weighted by atomic mass is 10.0. The van der Waals surface area contributed by atoms with Gasteiger partial charge in [0.25, 0.3) is 0 Å². The van der Waals surface area contributed by atoms with Crippen LogP contribution in [0.3, 0.4) is 0 Å². The molecule has 0 saturated heterocycles. The van der Waals surface area contributed by atoms with Crippen LogP contribution in [-0.4, -0.2) is 14.4 Å². The Morgan fingerprint density at radius 2 is 1.18 bits per heavy atom. The number of para-hydroxylation sites is 2. The molecule has 5 aromatic carbocycles. The lowest BCUT2D eigenvalue weighted by Crippen LogP contribution is -1.95. The van der Waals surface area contributed by atoms with Crippen molar-refractivity contribution in [3.63, 3.8) is 0 Å². The Hall–Kier alpha value is -5.28. The van der Waals surface area contributed by atoms with Crippen molar-refractivity contribution in [1.29, 1.82) is 0 Å². The first-order chi connectivity index (χ1) is 19.3. The van der Waals surface area contributed by atoms with E-state index >= 15 is 0 Å². The second-order valence-electron chi connectivity index (χ2n) is 9.87. The van der Waals surface area contributed by atoms with Crippen molar-refractivity contribution in [3.8, 4) is 33.8 Å². The van der Waals surface area contributed by atoms with E-state index in [1.165, 1.54) is 10.8 Å². The molecule has 0 fully saturated rings. The molecule has 0 spiro atoms. The summed E-state index contributed by atoms with van der Waals surface area (Å²) in [5.74, 6) is 0. The third-order valence-corrected chi connectivity index (χ3v) is 7.56. The van der Waals surface area contributed by atoms with E-state index in [0.717, 1.165) is 61.2 Å². The summed E-state index contributed by atoms with van der Waals surface area (Å²) in [4.78, 5) is 10.3. The minimum absolute atomic E-state index is 0.958. The molecule has 8 rings (SSSR count). The number of benzene rings is 5. The molecule has 3 aromatic heterocycles. The van der Waals surface area contributed by atoms with Gasteiger partial charge in [-0.15, -0.1) is 0 Å². The Morgan fingerprint density at radius 1 is 0.462 bits per heavy atom. The number of hydrogen-bond donors (Lipinski definition) is 0. The second kappa shape index (κ2) is 8.64. The first kappa shape index (κ1) is 21.8. The molecule has 0 unspecified atom stereocenters. The number of rotatable bonds is 3. The smallest absolute Gasteiger partial charge is 0.146 e. The minimum Gasteiger partial charge on any atom is -0.291 e. The van der Waals surface area contributed by atoms with E-state index in [0.29, 0.717) is 0 Å². The number of imidazole rings is 1. The zero-order valence-corrected chi connectivity index (χ0v) is 21.1. The standard InChI is InChI=1S/C36H23N3/c1-3-12-25(13-4-1)34-35(26-14-5-2-6-15-26)39-33-18-10-8-16-28(33)30-23-27(19-21-29(30)36(39)38-34)32-22-20-24-11-7-9-17-31(24)37-32/h1-23H. The summed E-state index contributed by atoms with van der Waals surface area (Å²) in [6.45, 7) is 0. The lowest BCUT2D eigenvalue weighted by Gasteiger charge is -2.13. The van der Waals surface area contributed by atoms with Gasteiger partial charge >= 0.3 is 0 Å². The number of aromatic nitrogens is 3. The predicted molar refractivity (Wildman–Crippen MR) is 162 cm³/mol. The molecule has 0 N–H and O–H groups in total. The molecular weight excluding hydrogens is 474 g/mol. The van der Waals surface area contributed by atoms with Crippen LogP contribution in [0.4, 0.5) is 0 Å². The summed E-state index contributed by atoms with van der Waals surface area (Å²) in [5.41, 5.74) is 9.51.